The number of hydrogen-bond acceptors (Lipinski definition) is 3. The van der Waals surface area contributed by atoms with Crippen LogP contribution in [0.15, 0.2) is 66.7 Å². The van der Waals surface area contributed by atoms with Crippen molar-refractivity contribution in [2.24, 2.45) is 0 Å². The smallest absolute Gasteiger partial charge is 0.255 e. The zero-order valence-corrected chi connectivity index (χ0v) is 17.7. The fourth-order valence-electron chi connectivity index (χ4n) is 3.61. The lowest BCUT2D eigenvalue weighted by Crippen LogP contribution is -2.26. The van der Waals surface area contributed by atoms with Gasteiger partial charge in [0, 0.05) is 29.0 Å². The molecule has 0 aliphatic carbocycles. The molecule has 0 saturated heterocycles. The molecule has 3 aromatic rings. The number of carbonyl (C=O) groups is 3. The lowest BCUT2D eigenvalue weighted by atomic mass is 9.86. The first kappa shape index (κ1) is 21.2. The van der Waals surface area contributed by atoms with Gasteiger partial charge in [-0.3, -0.25) is 14.4 Å². The van der Waals surface area contributed by atoms with Crippen molar-refractivity contribution in [2.45, 2.75) is 25.8 Å². The van der Waals surface area contributed by atoms with Crippen molar-refractivity contribution in [3.8, 4) is 0 Å². The third-order valence-electron chi connectivity index (χ3n) is 5.50. The molecule has 0 radical (unpaired) electrons. The predicted octanol–water partition coefficient (Wildman–Crippen LogP) is 4.24. The third kappa shape index (κ3) is 4.23. The molecule has 0 fully saturated rings. The minimum Gasteiger partial charge on any atom is -0.348 e. The fourth-order valence-corrected chi connectivity index (χ4v) is 3.61. The summed E-state index contributed by atoms with van der Waals surface area (Å²) in [7, 11) is 0. The second-order valence-corrected chi connectivity index (χ2v) is 8.19. The van der Waals surface area contributed by atoms with E-state index in [9.17, 15) is 18.8 Å². The largest absolute Gasteiger partial charge is 0.348 e. The van der Waals surface area contributed by atoms with E-state index >= 15 is 0 Å². The van der Waals surface area contributed by atoms with E-state index in [4.69, 9.17) is 0 Å². The molecule has 0 bridgehead atoms. The summed E-state index contributed by atoms with van der Waals surface area (Å²) in [5, 5.41) is 8.39. The van der Waals surface area contributed by atoms with E-state index in [1.807, 2.05) is 19.9 Å². The molecule has 6 nitrogen and oxygen atoms in total. The molecule has 0 spiro atoms. The molecule has 1 aliphatic rings. The van der Waals surface area contributed by atoms with E-state index < -0.39 is 17.1 Å². The summed E-state index contributed by atoms with van der Waals surface area (Å²) in [6.45, 7) is 3.93. The first-order valence-electron chi connectivity index (χ1n) is 10.1. The summed E-state index contributed by atoms with van der Waals surface area (Å²) in [5.41, 5.74) is 2.86. The third-order valence-corrected chi connectivity index (χ3v) is 5.50. The maximum Gasteiger partial charge on any atom is 0.255 e. The number of fused-ring (bicyclic) bond motifs is 1. The Morgan fingerprint density at radius 3 is 2.47 bits per heavy atom. The number of nitrogens with one attached hydrogen (secondary N) is 3. The van der Waals surface area contributed by atoms with Crippen molar-refractivity contribution in [1.82, 2.24) is 5.32 Å². The van der Waals surface area contributed by atoms with Crippen LogP contribution in [-0.2, 0) is 16.8 Å². The molecule has 1 heterocycles. The molecule has 3 amide bonds. The van der Waals surface area contributed by atoms with E-state index in [1.165, 1.54) is 24.3 Å². The minimum atomic E-state index is -0.624. The number of rotatable bonds is 5. The lowest BCUT2D eigenvalue weighted by molar-refractivity contribution is -0.119. The zero-order valence-electron chi connectivity index (χ0n) is 17.7. The van der Waals surface area contributed by atoms with Gasteiger partial charge in [0.2, 0.25) is 5.91 Å². The van der Waals surface area contributed by atoms with E-state index in [-0.39, 0.29) is 23.9 Å². The van der Waals surface area contributed by atoms with Gasteiger partial charge in [-0.2, -0.15) is 0 Å². The van der Waals surface area contributed by atoms with Crippen molar-refractivity contribution in [3.63, 3.8) is 0 Å². The molecular formula is C25H22FN3O3. The van der Waals surface area contributed by atoms with Gasteiger partial charge in [0.1, 0.15) is 5.82 Å². The molecule has 7 heteroatoms. The van der Waals surface area contributed by atoms with Gasteiger partial charge in [0.05, 0.1) is 5.41 Å². The highest BCUT2D eigenvalue weighted by Crippen LogP contribution is 2.37. The molecule has 32 heavy (non-hydrogen) atoms. The van der Waals surface area contributed by atoms with Gasteiger partial charge in [-0.15, -0.1) is 0 Å². The Kier molecular flexibility index (Phi) is 5.48. The van der Waals surface area contributed by atoms with Crippen molar-refractivity contribution in [2.75, 3.05) is 10.6 Å². The number of hydrogen-bond donors (Lipinski definition) is 3. The van der Waals surface area contributed by atoms with Crippen LogP contribution in [0.3, 0.4) is 0 Å². The summed E-state index contributed by atoms with van der Waals surface area (Å²) < 4.78 is 13.3. The van der Waals surface area contributed by atoms with Crippen LogP contribution >= 0.6 is 0 Å². The zero-order chi connectivity index (χ0) is 22.9. The van der Waals surface area contributed by atoms with Gasteiger partial charge in [-0.25, -0.2) is 4.39 Å². The Balaban J connectivity index is 1.40. The first-order valence-corrected chi connectivity index (χ1v) is 10.1. The van der Waals surface area contributed by atoms with E-state index in [2.05, 4.69) is 16.0 Å². The topological polar surface area (TPSA) is 87.3 Å². The van der Waals surface area contributed by atoms with Gasteiger partial charge >= 0.3 is 0 Å². The summed E-state index contributed by atoms with van der Waals surface area (Å²) in [5.74, 6) is -1.28. The van der Waals surface area contributed by atoms with Crippen molar-refractivity contribution in [1.29, 1.82) is 0 Å². The highest BCUT2D eigenvalue weighted by atomic mass is 19.1. The van der Waals surface area contributed by atoms with Crippen LogP contribution in [0.4, 0.5) is 15.8 Å². The van der Waals surface area contributed by atoms with Crippen LogP contribution in [-0.4, -0.2) is 17.7 Å². The summed E-state index contributed by atoms with van der Waals surface area (Å²) >= 11 is 0. The summed E-state index contributed by atoms with van der Waals surface area (Å²) in [6.07, 6.45) is 0. The second-order valence-electron chi connectivity index (χ2n) is 8.19. The van der Waals surface area contributed by atoms with Crippen molar-refractivity contribution in [3.05, 3.63) is 94.8 Å². The molecule has 3 aromatic carbocycles. The number of amides is 3. The molecular weight excluding hydrogens is 409 g/mol. The minimum absolute atomic E-state index is 0.0952. The molecule has 0 saturated carbocycles. The first-order chi connectivity index (χ1) is 15.2. The Labute approximate surface area is 184 Å². The van der Waals surface area contributed by atoms with Gasteiger partial charge in [0.15, 0.2) is 0 Å². The van der Waals surface area contributed by atoms with Crippen LogP contribution in [0.1, 0.15) is 45.7 Å². The quantitative estimate of drug-likeness (QED) is 0.565. The predicted molar refractivity (Wildman–Crippen MR) is 120 cm³/mol. The molecule has 4 rings (SSSR count). The number of carbonyl (C=O) groups excluding carboxylic acids is 3. The lowest BCUT2D eigenvalue weighted by Gasteiger charge is -2.15. The van der Waals surface area contributed by atoms with Gasteiger partial charge < -0.3 is 16.0 Å². The Morgan fingerprint density at radius 2 is 1.69 bits per heavy atom. The molecule has 0 atom stereocenters. The molecule has 3 N–H and O–H groups in total. The maximum atomic E-state index is 13.3. The number of halogens is 1. The highest BCUT2D eigenvalue weighted by Gasteiger charge is 2.38. The van der Waals surface area contributed by atoms with Gasteiger partial charge in [-0.05, 0) is 67.4 Å². The van der Waals surface area contributed by atoms with Gasteiger partial charge in [-0.1, -0.05) is 24.3 Å². The Bertz CT molecular complexity index is 1240. The fraction of sp³-hybridized carbons (Fsp3) is 0.160. The summed E-state index contributed by atoms with van der Waals surface area (Å²) in [4.78, 5) is 37.0. The Hall–Kier alpha value is -4.00. The highest BCUT2D eigenvalue weighted by molar-refractivity contribution is 6.07. The average Bonchev–Trinajstić information content (AvgIpc) is 3.00. The van der Waals surface area contributed by atoms with E-state index in [1.54, 1.807) is 36.4 Å². The average molecular weight is 431 g/mol. The summed E-state index contributed by atoms with van der Waals surface area (Å²) in [6, 6.07) is 17.7. The number of anilines is 2. The molecule has 0 unspecified atom stereocenters. The normalized spacial score (nSPS) is 13.8. The van der Waals surface area contributed by atoms with Gasteiger partial charge in [0.25, 0.3) is 11.8 Å². The van der Waals surface area contributed by atoms with Crippen LogP contribution in [0.25, 0.3) is 0 Å². The van der Waals surface area contributed by atoms with Crippen LogP contribution in [0.5, 0.6) is 0 Å². The second kappa shape index (κ2) is 8.26. The maximum absolute atomic E-state index is 13.3. The van der Waals surface area contributed by atoms with Crippen LogP contribution in [0, 0.1) is 5.82 Å². The Morgan fingerprint density at radius 1 is 0.938 bits per heavy atom. The monoisotopic (exact) mass is 431 g/mol. The number of benzene rings is 3. The standard InChI is InChI=1S/C25H22FN3O3/c1-25(2)20-10-9-17(13-21(20)29-24(25)32)22(30)27-14-15-5-3-8-19(11-15)28-23(31)16-6-4-7-18(26)12-16/h3-13H,14H2,1-2H3,(H,27,30)(H,28,31)(H,29,32). The van der Waals surface area contributed by atoms with E-state index in [0.717, 1.165) is 11.1 Å². The molecule has 162 valence electrons. The van der Waals surface area contributed by atoms with Crippen LogP contribution < -0.4 is 16.0 Å². The SMILES string of the molecule is CC1(C)C(=O)Nc2cc(C(=O)NCc3cccc(NC(=O)c4cccc(F)c4)c3)ccc21. The van der Waals surface area contributed by atoms with E-state index in [0.29, 0.717) is 16.9 Å². The molecule has 1 aliphatic heterocycles. The van der Waals surface area contributed by atoms with Crippen LogP contribution in [0.2, 0.25) is 0 Å². The molecule has 0 aromatic heterocycles. The van der Waals surface area contributed by atoms with Crippen molar-refractivity contribution < 1.29 is 18.8 Å². The van der Waals surface area contributed by atoms with Crippen molar-refractivity contribution >= 4 is 29.1 Å².